The first-order valence-electron chi connectivity index (χ1n) is 13.1. The van der Waals surface area contributed by atoms with Crippen molar-refractivity contribution >= 4 is 23.6 Å². The Kier molecular flexibility index (Phi) is 8.59. The fourth-order valence-electron chi connectivity index (χ4n) is 4.62. The van der Waals surface area contributed by atoms with Gasteiger partial charge in [0, 0.05) is 28.5 Å². The molecule has 1 amide bonds. The summed E-state index contributed by atoms with van der Waals surface area (Å²) < 4.78 is 11.2. The Hall–Kier alpha value is -4.26. The van der Waals surface area contributed by atoms with Gasteiger partial charge in [-0.05, 0) is 19.1 Å². The van der Waals surface area contributed by atoms with Gasteiger partial charge in [0.25, 0.3) is 5.91 Å². The second kappa shape index (κ2) is 12.1. The number of carbonyl (C=O) groups is 3. The fraction of sp³-hybridized carbons (Fsp3) is 0.312. The van der Waals surface area contributed by atoms with Crippen molar-refractivity contribution in [3.05, 3.63) is 108 Å². The standard InChI is InChI=1S/C32H34N2O5/c1-5-38-29(36)25(33-27(22-15-9-6-10-16-22)23-17-11-7-12-18-23)21-26-30(37)39-31(32(2,3)4)34(26)28(35)24-19-13-8-14-20-24/h6-20,25-26,31H,5,21H2,1-4H3/t25-,26-,31-/m0/s1. The van der Waals surface area contributed by atoms with E-state index in [4.69, 9.17) is 14.5 Å². The zero-order chi connectivity index (χ0) is 28.0. The third kappa shape index (κ3) is 6.42. The first-order chi connectivity index (χ1) is 18.7. The zero-order valence-electron chi connectivity index (χ0n) is 22.7. The van der Waals surface area contributed by atoms with Crippen LogP contribution >= 0.6 is 0 Å². The number of rotatable bonds is 8. The van der Waals surface area contributed by atoms with E-state index >= 15 is 0 Å². The van der Waals surface area contributed by atoms with E-state index in [1.165, 1.54) is 4.90 Å². The molecule has 0 spiro atoms. The van der Waals surface area contributed by atoms with E-state index in [1.54, 1.807) is 31.2 Å². The van der Waals surface area contributed by atoms with E-state index in [0.29, 0.717) is 11.3 Å². The van der Waals surface area contributed by atoms with Crippen molar-refractivity contribution in [3.63, 3.8) is 0 Å². The molecule has 39 heavy (non-hydrogen) atoms. The third-order valence-corrected chi connectivity index (χ3v) is 6.47. The van der Waals surface area contributed by atoms with Crippen molar-refractivity contribution in [3.8, 4) is 0 Å². The highest BCUT2D eigenvalue weighted by molar-refractivity contribution is 6.13. The van der Waals surface area contributed by atoms with Gasteiger partial charge in [-0.25, -0.2) is 9.59 Å². The van der Waals surface area contributed by atoms with E-state index in [-0.39, 0.29) is 18.9 Å². The van der Waals surface area contributed by atoms with E-state index in [9.17, 15) is 14.4 Å². The maximum atomic E-state index is 13.7. The Morgan fingerprint density at radius 3 is 1.82 bits per heavy atom. The largest absolute Gasteiger partial charge is 0.464 e. The van der Waals surface area contributed by atoms with Gasteiger partial charge in [-0.1, -0.05) is 99.6 Å². The van der Waals surface area contributed by atoms with Crippen LogP contribution < -0.4 is 0 Å². The molecular formula is C32H34N2O5. The quantitative estimate of drug-likeness (QED) is 0.294. The molecule has 0 radical (unpaired) electrons. The van der Waals surface area contributed by atoms with Crippen LogP contribution in [0.15, 0.2) is 96.0 Å². The van der Waals surface area contributed by atoms with Crippen LogP contribution in [0.1, 0.15) is 55.6 Å². The maximum absolute atomic E-state index is 13.7. The van der Waals surface area contributed by atoms with Crippen molar-refractivity contribution in [2.24, 2.45) is 10.4 Å². The summed E-state index contributed by atoms with van der Waals surface area (Å²) in [6.45, 7) is 7.59. The average molecular weight is 527 g/mol. The van der Waals surface area contributed by atoms with Crippen molar-refractivity contribution in [2.45, 2.75) is 52.4 Å². The van der Waals surface area contributed by atoms with Gasteiger partial charge in [0.05, 0.1) is 12.3 Å². The molecule has 1 aliphatic rings. The smallest absolute Gasteiger partial charge is 0.331 e. The lowest BCUT2D eigenvalue weighted by molar-refractivity contribution is -0.147. The van der Waals surface area contributed by atoms with Gasteiger partial charge in [-0.2, -0.15) is 0 Å². The van der Waals surface area contributed by atoms with Crippen molar-refractivity contribution in [2.75, 3.05) is 6.61 Å². The molecule has 0 aliphatic carbocycles. The molecule has 7 heteroatoms. The van der Waals surface area contributed by atoms with Crippen molar-refractivity contribution in [1.82, 2.24) is 4.90 Å². The Labute approximate surface area is 229 Å². The van der Waals surface area contributed by atoms with Gasteiger partial charge in [-0.15, -0.1) is 0 Å². The molecule has 4 rings (SSSR count). The summed E-state index contributed by atoms with van der Waals surface area (Å²) in [6, 6.07) is 25.8. The van der Waals surface area contributed by atoms with Gasteiger partial charge < -0.3 is 9.47 Å². The maximum Gasteiger partial charge on any atom is 0.331 e. The lowest BCUT2D eigenvalue weighted by Crippen LogP contribution is -2.49. The normalized spacial score (nSPS) is 17.7. The molecule has 1 aliphatic heterocycles. The number of esters is 2. The molecule has 7 nitrogen and oxygen atoms in total. The van der Waals surface area contributed by atoms with Gasteiger partial charge in [0.15, 0.2) is 12.3 Å². The minimum atomic E-state index is -1.05. The van der Waals surface area contributed by atoms with Crippen LogP contribution in [-0.4, -0.2) is 53.4 Å². The Morgan fingerprint density at radius 2 is 1.36 bits per heavy atom. The molecule has 0 unspecified atom stereocenters. The lowest BCUT2D eigenvalue weighted by Gasteiger charge is -2.34. The van der Waals surface area contributed by atoms with Crippen molar-refractivity contribution in [1.29, 1.82) is 0 Å². The second-order valence-corrected chi connectivity index (χ2v) is 10.5. The van der Waals surface area contributed by atoms with Gasteiger partial charge >= 0.3 is 11.9 Å². The molecule has 3 aromatic rings. The summed E-state index contributed by atoms with van der Waals surface area (Å²) in [5, 5.41) is 0. The fourth-order valence-corrected chi connectivity index (χ4v) is 4.62. The van der Waals surface area contributed by atoms with Crippen LogP contribution in [-0.2, 0) is 19.1 Å². The van der Waals surface area contributed by atoms with Gasteiger partial charge in [-0.3, -0.25) is 14.7 Å². The number of nitrogens with zero attached hydrogens (tertiary/aromatic N) is 2. The highest BCUT2D eigenvalue weighted by Gasteiger charge is 2.51. The van der Waals surface area contributed by atoms with E-state index < -0.39 is 35.7 Å². The van der Waals surface area contributed by atoms with Crippen LogP contribution in [0, 0.1) is 5.41 Å². The van der Waals surface area contributed by atoms with Crippen LogP contribution in [0.25, 0.3) is 0 Å². The average Bonchev–Trinajstić information content (AvgIpc) is 3.28. The number of amides is 1. The van der Waals surface area contributed by atoms with Crippen molar-refractivity contribution < 1.29 is 23.9 Å². The second-order valence-electron chi connectivity index (χ2n) is 10.5. The molecule has 0 bridgehead atoms. The molecule has 3 atom stereocenters. The van der Waals surface area contributed by atoms with Crippen LogP contribution in [0.2, 0.25) is 0 Å². The number of carbonyl (C=O) groups excluding carboxylic acids is 3. The number of hydrogen-bond acceptors (Lipinski definition) is 6. The Morgan fingerprint density at radius 1 is 0.872 bits per heavy atom. The summed E-state index contributed by atoms with van der Waals surface area (Å²) in [6.07, 6.45) is -0.885. The first kappa shape index (κ1) is 27.8. The molecule has 0 aromatic heterocycles. The van der Waals surface area contributed by atoms with Gasteiger partial charge in [0.2, 0.25) is 0 Å². The number of cyclic esters (lactones) is 1. The zero-order valence-corrected chi connectivity index (χ0v) is 22.7. The number of benzene rings is 3. The molecular weight excluding hydrogens is 492 g/mol. The lowest BCUT2D eigenvalue weighted by atomic mass is 9.92. The number of hydrogen-bond donors (Lipinski definition) is 0. The minimum absolute atomic E-state index is 0.0774. The number of aliphatic imine (C=N–C) groups is 1. The predicted octanol–water partition coefficient (Wildman–Crippen LogP) is 5.29. The van der Waals surface area contributed by atoms with Crippen LogP contribution in [0.5, 0.6) is 0 Å². The molecule has 0 N–H and O–H groups in total. The van der Waals surface area contributed by atoms with E-state index in [0.717, 1.165) is 11.1 Å². The highest BCUT2D eigenvalue weighted by Crippen LogP contribution is 2.35. The molecule has 0 saturated carbocycles. The van der Waals surface area contributed by atoms with Crippen LogP contribution in [0.4, 0.5) is 0 Å². The molecule has 1 heterocycles. The molecule has 3 aromatic carbocycles. The molecule has 1 fully saturated rings. The molecule has 1 saturated heterocycles. The topological polar surface area (TPSA) is 85.3 Å². The van der Waals surface area contributed by atoms with E-state index in [1.807, 2.05) is 87.5 Å². The summed E-state index contributed by atoms with van der Waals surface area (Å²) in [5.74, 6) is -1.48. The van der Waals surface area contributed by atoms with E-state index in [2.05, 4.69) is 0 Å². The third-order valence-electron chi connectivity index (χ3n) is 6.47. The summed E-state index contributed by atoms with van der Waals surface area (Å²) in [4.78, 5) is 46.7. The Bertz CT molecular complexity index is 1280. The first-order valence-corrected chi connectivity index (χ1v) is 13.1. The predicted molar refractivity (Wildman–Crippen MR) is 149 cm³/mol. The highest BCUT2D eigenvalue weighted by atomic mass is 16.6. The minimum Gasteiger partial charge on any atom is -0.464 e. The Balaban J connectivity index is 1.78. The summed E-state index contributed by atoms with van der Waals surface area (Å²) in [7, 11) is 0. The summed E-state index contributed by atoms with van der Waals surface area (Å²) >= 11 is 0. The monoisotopic (exact) mass is 526 g/mol. The summed E-state index contributed by atoms with van der Waals surface area (Å²) in [5.41, 5.74) is 2.10. The number of ether oxygens (including phenoxy) is 2. The SMILES string of the molecule is CCOC(=O)[C@H](C[C@H]1C(=O)O[C@@H](C(C)(C)C)N1C(=O)c1ccccc1)N=C(c1ccccc1)c1ccccc1. The van der Waals surface area contributed by atoms with Gasteiger partial charge in [0.1, 0.15) is 6.04 Å². The molecule has 202 valence electrons. The van der Waals surface area contributed by atoms with Crippen LogP contribution in [0.3, 0.4) is 0 Å².